The smallest absolute Gasteiger partial charge is 0.341 e. The van der Waals surface area contributed by atoms with Crippen LogP contribution in [0.4, 0.5) is 17.6 Å². The van der Waals surface area contributed by atoms with Gasteiger partial charge in [0, 0.05) is 13.6 Å². The van der Waals surface area contributed by atoms with Crippen molar-refractivity contribution in [3.05, 3.63) is 35.1 Å². The van der Waals surface area contributed by atoms with Crippen molar-refractivity contribution < 1.29 is 22.4 Å². The predicted octanol–water partition coefficient (Wildman–Crippen LogP) is 3.96. The lowest BCUT2D eigenvalue weighted by atomic mass is 10.1. The van der Waals surface area contributed by atoms with Crippen LogP contribution in [-0.2, 0) is 6.18 Å². The molecule has 1 aromatic rings. The second-order valence-corrected chi connectivity index (χ2v) is 4.89. The van der Waals surface area contributed by atoms with E-state index in [2.05, 4.69) is 0 Å². The molecule has 0 aliphatic heterocycles. The lowest BCUT2D eigenvalue weighted by Gasteiger charge is -2.21. The maximum Gasteiger partial charge on any atom is 0.416 e. The number of alkyl halides is 3. The van der Waals surface area contributed by atoms with Crippen LogP contribution in [0.3, 0.4) is 0 Å². The molecule has 1 unspecified atom stereocenters. The molecule has 0 aliphatic carbocycles. The Hall–Kier alpha value is -1.59. The van der Waals surface area contributed by atoms with Gasteiger partial charge in [-0.05, 0) is 24.1 Å². The lowest BCUT2D eigenvalue weighted by Crippen LogP contribution is -2.31. The maximum absolute atomic E-state index is 13.6. The minimum absolute atomic E-state index is 0.192. The zero-order chi connectivity index (χ0) is 15.5. The van der Waals surface area contributed by atoms with E-state index < -0.39 is 29.0 Å². The number of rotatable bonds is 4. The molecule has 6 heteroatoms. The van der Waals surface area contributed by atoms with E-state index in [4.69, 9.17) is 0 Å². The van der Waals surface area contributed by atoms with E-state index >= 15 is 0 Å². The van der Waals surface area contributed by atoms with Crippen molar-refractivity contribution in [2.45, 2.75) is 26.4 Å². The summed E-state index contributed by atoms with van der Waals surface area (Å²) in [6, 6.07) is 1.86. The second kappa shape index (κ2) is 6.24. The number of carbonyl (C=O) groups is 1. The van der Waals surface area contributed by atoms with Crippen molar-refractivity contribution in [3.8, 4) is 0 Å². The van der Waals surface area contributed by atoms with Gasteiger partial charge in [-0.1, -0.05) is 20.3 Å². The van der Waals surface area contributed by atoms with Gasteiger partial charge in [0.15, 0.2) is 0 Å². The van der Waals surface area contributed by atoms with Crippen LogP contribution in [0, 0.1) is 11.7 Å². The maximum atomic E-state index is 13.6. The van der Waals surface area contributed by atoms with Crippen molar-refractivity contribution in [2.75, 3.05) is 13.6 Å². The average Bonchev–Trinajstić information content (AvgIpc) is 2.36. The Balaban J connectivity index is 3.03. The van der Waals surface area contributed by atoms with Gasteiger partial charge in [-0.15, -0.1) is 0 Å². The van der Waals surface area contributed by atoms with Gasteiger partial charge in [-0.25, -0.2) is 4.39 Å². The molecule has 1 rings (SSSR count). The van der Waals surface area contributed by atoms with Crippen LogP contribution in [0.5, 0.6) is 0 Å². The largest absolute Gasteiger partial charge is 0.416 e. The van der Waals surface area contributed by atoms with Crippen molar-refractivity contribution in [2.24, 2.45) is 5.92 Å². The fraction of sp³-hybridized carbons (Fsp3) is 0.500. The van der Waals surface area contributed by atoms with Gasteiger partial charge in [0.25, 0.3) is 5.91 Å². The van der Waals surface area contributed by atoms with Crippen molar-refractivity contribution >= 4 is 5.91 Å². The molecule has 0 aromatic heterocycles. The summed E-state index contributed by atoms with van der Waals surface area (Å²) in [5.74, 6) is -1.49. The molecule has 112 valence electrons. The first-order chi connectivity index (χ1) is 9.16. The summed E-state index contributed by atoms with van der Waals surface area (Å²) in [7, 11) is 1.45. The molecule has 0 radical (unpaired) electrons. The molecule has 1 amide bonds. The van der Waals surface area contributed by atoms with E-state index in [0.717, 1.165) is 6.42 Å². The monoisotopic (exact) mass is 291 g/mol. The molecule has 0 spiro atoms. The summed E-state index contributed by atoms with van der Waals surface area (Å²) < 4.78 is 51.3. The number of halogens is 4. The standard InChI is InChI=1S/C14H17F4NO/c1-4-9(2)8-19(3)13(20)11-7-10(14(16,17)18)5-6-12(11)15/h5-7,9H,4,8H2,1-3H3. The van der Waals surface area contributed by atoms with E-state index in [1.165, 1.54) is 11.9 Å². The third-order valence-corrected chi connectivity index (χ3v) is 3.15. The number of hydrogen-bond acceptors (Lipinski definition) is 1. The Kier molecular flexibility index (Phi) is 5.14. The molecule has 0 heterocycles. The zero-order valence-corrected chi connectivity index (χ0v) is 11.6. The summed E-state index contributed by atoms with van der Waals surface area (Å²) in [6.07, 6.45) is -3.78. The molecule has 1 atom stereocenters. The highest BCUT2D eigenvalue weighted by molar-refractivity contribution is 5.94. The van der Waals surface area contributed by atoms with Crippen molar-refractivity contribution in [3.63, 3.8) is 0 Å². The fourth-order valence-electron chi connectivity index (χ4n) is 1.75. The normalized spacial score (nSPS) is 13.2. The number of carbonyl (C=O) groups excluding carboxylic acids is 1. The molecule has 0 N–H and O–H groups in total. The molecule has 0 saturated carbocycles. The molecular formula is C14H17F4NO. The van der Waals surface area contributed by atoms with Crippen LogP contribution in [0.2, 0.25) is 0 Å². The number of nitrogens with zero attached hydrogens (tertiary/aromatic N) is 1. The van der Waals surface area contributed by atoms with E-state index in [0.29, 0.717) is 24.7 Å². The average molecular weight is 291 g/mol. The van der Waals surface area contributed by atoms with Crippen LogP contribution < -0.4 is 0 Å². The first-order valence-corrected chi connectivity index (χ1v) is 6.29. The highest BCUT2D eigenvalue weighted by Gasteiger charge is 2.32. The van der Waals surface area contributed by atoms with E-state index in [-0.39, 0.29) is 5.92 Å². The van der Waals surface area contributed by atoms with Crippen LogP contribution in [0.25, 0.3) is 0 Å². The van der Waals surface area contributed by atoms with Gasteiger partial charge in [0.2, 0.25) is 0 Å². The Morgan fingerprint density at radius 2 is 1.95 bits per heavy atom. The third-order valence-electron chi connectivity index (χ3n) is 3.15. The molecule has 0 saturated heterocycles. The first kappa shape index (κ1) is 16.5. The predicted molar refractivity (Wildman–Crippen MR) is 67.8 cm³/mol. The van der Waals surface area contributed by atoms with Gasteiger partial charge in [-0.3, -0.25) is 4.79 Å². The molecular weight excluding hydrogens is 274 g/mol. The summed E-state index contributed by atoms with van der Waals surface area (Å²) in [6.45, 7) is 4.21. The van der Waals surface area contributed by atoms with Gasteiger partial charge in [0.1, 0.15) is 5.82 Å². The number of amides is 1. The lowest BCUT2D eigenvalue weighted by molar-refractivity contribution is -0.137. The number of benzene rings is 1. The van der Waals surface area contributed by atoms with Gasteiger partial charge >= 0.3 is 6.18 Å². The molecule has 2 nitrogen and oxygen atoms in total. The Bertz CT molecular complexity index is 485. The van der Waals surface area contributed by atoms with Crippen molar-refractivity contribution in [1.82, 2.24) is 4.90 Å². The van der Waals surface area contributed by atoms with E-state index in [1.807, 2.05) is 13.8 Å². The SMILES string of the molecule is CCC(C)CN(C)C(=O)c1cc(C(F)(F)F)ccc1F. The summed E-state index contributed by atoms with van der Waals surface area (Å²) in [5.41, 5.74) is -1.58. The topological polar surface area (TPSA) is 20.3 Å². The Labute approximate surface area is 115 Å². The first-order valence-electron chi connectivity index (χ1n) is 6.29. The van der Waals surface area contributed by atoms with Gasteiger partial charge in [-0.2, -0.15) is 13.2 Å². The van der Waals surface area contributed by atoms with Crippen LogP contribution in [0.15, 0.2) is 18.2 Å². The highest BCUT2D eigenvalue weighted by atomic mass is 19.4. The van der Waals surface area contributed by atoms with Crippen LogP contribution in [-0.4, -0.2) is 24.4 Å². The molecule has 0 bridgehead atoms. The molecule has 0 fully saturated rings. The van der Waals surface area contributed by atoms with E-state index in [1.54, 1.807) is 0 Å². The third kappa shape index (κ3) is 3.95. The van der Waals surface area contributed by atoms with Crippen molar-refractivity contribution in [1.29, 1.82) is 0 Å². The van der Waals surface area contributed by atoms with Gasteiger partial charge < -0.3 is 4.90 Å². The summed E-state index contributed by atoms with van der Waals surface area (Å²) >= 11 is 0. The highest BCUT2D eigenvalue weighted by Crippen LogP contribution is 2.30. The van der Waals surface area contributed by atoms with Gasteiger partial charge in [0.05, 0.1) is 11.1 Å². The van der Waals surface area contributed by atoms with E-state index in [9.17, 15) is 22.4 Å². The summed E-state index contributed by atoms with van der Waals surface area (Å²) in [5, 5.41) is 0. The van der Waals surface area contributed by atoms with Crippen LogP contribution >= 0.6 is 0 Å². The van der Waals surface area contributed by atoms with Crippen LogP contribution in [0.1, 0.15) is 36.2 Å². The zero-order valence-electron chi connectivity index (χ0n) is 11.6. The molecule has 1 aromatic carbocycles. The summed E-state index contributed by atoms with van der Waals surface area (Å²) in [4.78, 5) is 13.3. The Morgan fingerprint density at radius 3 is 2.45 bits per heavy atom. The minimum Gasteiger partial charge on any atom is -0.341 e. The molecule has 20 heavy (non-hydrogen) atoms. The Morgan fingerprint density at radius 1 is 1.35 bits per heavy atom. The quantitative estimate of drug-likeness (QED) is 0.769. The minimum atomic E-state index is -4.60. The molecule has 0 aliphatic rings. The fourth-order valence-corrected chi connectivity index (χ4v) is 1.75. The second-order valence-electron chi connectivity index (χ2n) is 4.89. The number of hydrogen-bond donors (Lipinski definition) is 0.